The Bertz CT molecular complexity index is 541. The molecule has 1 unspecified atom stereocenters. The van der Waals surface area contributed by atoms with E-state index in [0.717, 1.165) is 0 Å². The summed E-state index contributed by atoms with van der Waals surface area (Å²) in [6.45, 7) is 13.9. The van der Waals surface area contributed by atoms with Crippen LogP contribution in [0.3, 0.4) is 0 Å². The molecule has 0 nitrogen and oxygen atoms in total. The van der Waals surface area contributed by atoms with Crippen LogP contribution >= 0.6 is 24.8 Å². The molecule has 2 aliphatic rings. The summed E-state index contributed by atoms with van der Waals surface area (Å²) in [5.41, 5.74) is 4.63. The molecule has 0 saturated heterocycles. The summed E-state index contributed by atoms with van der Waals surface area (Å²) < 4.78 is 5.23. The number of hydrogen-bond acceptors (Lipinski definition) is 0. The van der Waals surface area contributed by atoms with E-state index in [9.17, 15) is 0 Å². The third kappa shape index (κ3) is 3.86. The van der Waals surface area contributed by atoms with E-state index in [1.807, 2.05) is 0 Å². The van der Waals surface area contributed by atoms with Gasteiger partial charge in [0.1, 0.15) is 0 Å². The van der Waals surface area contributed by atoms with Gasteiger partial charge in [-0.1, -0.05) is 0 Å². The van der Waals surface area contributed by atoms with Crippen molar-refractivity contribution < 1.29 is 17.4 Å². The molecule has 0 bridgehead atoms. The van der Waals surface area contributed by atoms with Gasteiger partial charge in [-0.05, 0) is 0 Å². The molecule has 1 atom stereocenters. The van der Waals surface area contributed by atoms with Crippen molar-refractivity contribution in [1.82, 2.24) is 0 Å². The number of halogens is 2. The Morgan fingerprint density at radius 1 is 1.10 bits per heavy atom. The van der Waals surface area contributed by atoms with Crippen molar-refractivity contribution in [3.8, 4) is 0 Å². The van der Waals surface area contributed by atoms with E-state index < -0.39 is 17.4 Å². The summed E-state index contributed by atoms with van der Waals surface area (Å²) in [5, 5.41) is 0. The Morgan fingerprint density at radius 3 is 2.05 bits per heavy atom. The zero-order valence-corrected chi connectivity index (χ0v) is 16.5. The van der Waals surface area contributed by atoms with E-state index in [1.54, 1.807) is 22.7 Å². The molecule has 0 aromatic rings. The fraction of sp³-hybridized carbons (Fsp3) is 0.471. The molecular weight excluding hydrogens is 323 g/mol. The van der Waals surface area contributed by atoms with Crippen LogP contribution in [0.15, 0.2) is 42.7 Å². The maximum Gasteiger partial charge on any atom is -0.147 e. The number of allylic oxidation sites excluding steroid dienone is 8. The first-order chi connectivity index (χ1) is 8.41. The van der Waals surface area contributed by atoms with E-state index in [2.05, 4.69) is 59.8 Å². The van der Waals surface area contributed by atoms with Gasteiger partial charge in [-0.25, -0.2) is 0 Å². The second-order valence-corrected chi connectivity index (χ2v) is 10.5. The molecule has 0 N–H and O–H groups in total. The van der Waals surface area contributed by atoms with Gasteiger partial charge in [0, 0.05) is 0 Å². The van der Waals surface area contributed by atoms with E-state index in [-0.39, 0.29) is 24.8 Å². The van der Waals surface area contributed by atoms with E-state index >= 15 is 0 Å². The first-order valence-electron chi connectivity index (χ1n) is 6.86. The first kappa shape index (κ1) is 20.1. The predicted molar refractivity (Wildman–Crippen MR) is 92.9 cm³/mol. The van der Waals surface area contributed by atoms with Crippen molar-refractivity contribution in [1.29, 1.82) is 0 Å². The van der Waals surface area contributed by atoms with Gasteiger partial charge < -0.3 is 0 Å². The fourth-order valence-corrected chi connectivity index (χ4v) is 8.29. The van der Waals surface area contributed by atoms with Gasteiger partial charge >= 0.3 is 118 Å². The Kier molecular flexibility index (Phi) is 7.99. The van der Waals surface area contributed by atoms with Crippen LogP contribution in [-0.2, 0) is 17.4 Å². The van der Waals surface area contributed by atoms with E-state index in [1.165, 1.54) is 12.0 Å². The molecule has 0 heterocycles. The van der Waals surface area contributed by atoms with Crippen LogP contribution < -0.4 is 0 Å². The normalized spacial score (nSPS) is 20.7. The van der Waals surface area contributed by atoms with Gasteiger partial charge in [-0.3, -0.25) is 0 Å². The minimum atomic E-state index is -1.37. The van der Waals surface area contributed by atoms with E-state index in [4.69, 9.17) is 0 Å². The van der Waals surface area contributed by atoms with Gasteiger partial charge in [0.05, 0.1) is 0 Å². The second kappa shape index (κ2) is 7.94. The SMILES string of the molecule is CC1=C(C)C[C]([Ti]([C]2=C(C)C=CC2C)=[C](C)C)=C1.Cl.Cl. The smallest absolute Gasteiger partial charge is 0.147 e. The zero-order valence-electron chi connectivity index (χ0n) is 13.3. The van der Waals surface area contributed by atoms with Crippen molar-refractivity contribution >= 4 is 28.6 Å². The second-order valence-electron chi connectivity index (χ2n) is 5.93. The largest absolute Gasteiger partial charge is 0.147 e. The van der Waals surface area contributed by atoms with Crippen molar-refractivity contribution in [2.45, 2.75) is 48.0 Å². The fourth-order valence-electron chi connectivity index (χ4n) is 3.04. The third-order valence-electron chi connectivity index (χ3n) is 4.13. The molecule has 2 aliphatic carbocycles. The minimum absolute atomic E-state index is 0. The Hall–Kier alpha value is 0.124. The van der Waals surface area contributed by atoms with Crippen molar-refractivity contribution in [3.63, 3.8) is 0 Å². The zero-order chi connectivity index (χ0) is 13.4. The van der Waals surface area contributed by atoms with Gasteiger partial charge in [-0.2, -0.15) is 0 Å². The molecule has 2 rings (SSSR count). The summed E-state index contributed by atoms with van der Waals surface area (Å²) in [6, 6.07) is 0. The summed E-state index contributed by atoms with van der Waals surface area (Å²) in [5.74, 6) is 0.664. The maximum atomic E-state index is 2.49. The van der Waals surface area contributed by atoms with Crippen LogP contribution in [0, 0.1) is 5.92 Å². The average molecular weight is 349 g/mol. The Morgan fingerprint density at radius 2 is 1.70 bits per heavy atom. The van der Waals surface area contributed by atoms with Crippen LogP contribution in [0.2, 0.25) is 0 Å². The molecule has 0 radical (unpaired) electrons. The molecule has 112 valence electrons. The maximum absolute atomic E-state index is 2.49. The molecule has 20 heavy (non-hydrogen) atoms. The predicted octanol–water partition coefficient (Wildman–Crippen LogP) is 5.76. The summed E-state index contributed by atoms with van der Waals surface area (Å²) in [7, 11) is 0. The monoisotopic (exact) mass is 348 g/mol. The number of hydrogen-bond donors (Lipinski definition) is 0. The molecule has 0 spiro atoms. The Balaban J connectivity index is 0.00000180. The van der Waals surface area contributed by atoms with Crippen LogP contribution in [-0.4, -0.2) is 3.81 Å². The van der Waals surface area contributed by atoms with Crippen molar-refractivity contribution in [2.75, 3.05) is 0 Å². The van der Waals surface area contributed by atoms with Crippen LogP contribution in [0.25, 0.3) is 0 Å². The third-order valence-corrected chi connectivity index (χ3v) is 9.36. The van der Waals surface area contributed by atoms with Gasteiger partial charge in [0.2, 0.25) is 0 Å². The summed E-state index contributed by atoms with van der Waals surface area (Å²) in [6.07, 6.45) is 8.43. The Labute approximate surface area is 142 Å². The summed E-state index contributed by atoms with van der Waals surface area (Å²) in [4.78, 5) is 0. The average Bonchev–Trinajstić information content (AvgIpc) is 2.76. The van der Waals surface area contributed by atoms with Gasteiger partial charge in [0.25, 0.3) is 0 Å². The first-order valence-corrected chi connectivity index (χ1v) is 9.20. The van der Waals surface area contributed by atoms with Gasteiger partial charge in [-0.15, -0.1) is 24.8 Å². The molecular formula is C17H26Cl2Ti. The molecule has 0 saturated carbocycles. The molecule has 0 fully saturated rings. The topological polar surface area (TPSA) is 0 Å². The van der Waals surface area contributed by atoms with Gasteiger partial charge in [0.15, 0.2) is 0 Å². The standard InChI is InChI=1S/2C7H9.C3H6.2ClH.Ti/c1-6-3-4-7(2)5-6;1-6-4-3-5-7(6)2;1-3-2;;;/h3-4,6H,1-2H3;4H,5H2,1-2H3;1-2H3;2*1H;. The van der Waals surface area contributed by atoms with Crippen LogP contribution in [0.4, 0.5) is 0 Å². The molecule has 0 aromatic heterocycles. The quantitative estimate of drug-likeness (QED) is 0.556. The van der Waals surface area contributed by atoms with Crippen molar-refractivity contribution in [3.05, 3.63) is 42.7 Å². The summed E-state index contributed by atoms with van der Waals surface area (Å²) >= 11 is -1.37. The van der Waals surface area contributed by atoms with E-state index in [0.29, 0.717) is 5.92 Å². The van der Waals surface area contributed by atoms with Crippen molar-refractivity contribution in [2.24, 2.45) is 5.92 Å². The molecule has 0 aromatic carbocycles. The molecule has 0 amide bonds. The molecule has 0 aliphatic heterocycles. The van der Waals surface area contributed by atoms with Crippen LogP contribution in [0.1, 0.15) is 48.0 Å². The van der Waals surface area contributed by atoms with Crippen LogP contribution in [0.5, 0.6) is 0 Å². The number of rotatable bonds is 2. The minimum Gasteiger partial charge on any atom is -0.147 e. The molecule has 3 heteroatoms.